The first-order valence-electron chi connectivity index (χ1n) is 7.39. The summed E-state index contributed by atoms with van der Waals surface area (Å²) in [4.78, 5) is 16.5. The Morgan fingerprint density at radius 2 is 2.43 bits per heavy atom. The van der Waals surface area contributed by atoms with Gasteiger partial charge < -0.3 is 20.1 Å². The maximum atomic E-state index is 12.1. The summed E-state index contributed by atoms with van der Waals surface area (Å²) in [5.74, 6) is -0.111. The van der Waals surface area contributed by atoms with Gasteiger partial charge in [0.25, 0.3) is 5.91 Å². The minimum Gasteiger partial charge on any atom is -0.376 e. The number of carbonyl (C=O) groups is 1. The molecule has 114 valence electrons. The number of ether oxygens (including phenoxy) is 2. The number of hydrogen-bond acceptors (Lipinski definition) is 5. The number of aromatic nitrogens is 1. The average molecular weight is 291 g/mol. The molecule has 2 aliphatic rings. The van der Waals surface area contributed by atoms with Crippen molar-refractivity contribution in [1.82, 2.24) is 15.6 Å². The van der Waals surface area contributed by atoms with Crippen LogP contribution in [-0.2, 0) is 33.8 Å². The SMILES string of the molecule is Cc1ncc2c(c1CNC(=O)[C@@H]1COCCO1)CCNC2. The molecule has 3 rings (SSSR count). The molecule has 0 bridgehead atoms. The predicted octanol–water partition coefficient (Wildman–Crippen LogP) is 0.0673. The van der Waals surface area contributed by atoms with E-state index in [1.807, 2.05) is 13.1 Å². The molecule has 21 heavy (non-hydrogen) atoms. The van der Waals surface area contributed by atoms with Crippen LogP contribution in [0.1, 0.15) is 22.4 Å². The van der Waals surface area contributed by atoms with Gasteiger partial charge in [-0.3, -0.25) is 9.78 Å². The number of nitrogens with one attached hydrogen (secondary N) is 2. The van der Waals surface area contributed by atoms with Crippen molar-refractivity contribution < 1.29 is 14.3 Å². The summed E-state index contributed by atoms with van der Waals surface area (Å²) in [7, 11) is 0. The highest BCUT2D eigenvalue weighted by Gasteiger charge is 2.23. The normalized spacial score (nSPS) is 21.7. The average Bonchev–Trinajstić information content (AvgIpc) is 2.54. The van der Waals surface area contributed by atoms with Gasteiger partial charge in [0.15, 0.2) is 6.10 Å². The zero-order valence-corrected chi connectivity index (χ0v) is 12.3. The lowest BCUT2D eigenvalue weighted by Crippen LogP contribution is -2.42. The van der Waals surface area contributed by atoms with Crippen molar-refractivity contribution in [2.75, 3.05) is 26.4 Å². The molecule has 0 saturated carbocycles. The number of fused-ring (bicyclic) bond motifs is 1. The lowest BCUT2D eigenvalue weighted by Gasteiger charge is -2.24. The Balaban J connectivity index is 1.68. The van der Waals surface area contributed by atoms with E-state index in [0.29, 0.717) is 26.4 Å². The fourth-order valence-electron chi connectivity index (χ4n) is 2.81. The Morgan fingerprint density at radius 1 is 1.52 bits per heavy atom. The van der Waals surface area contributed by atoms with Gasteiger partial charge in [-0.1, -0.05) is 0 Å². The molecule has 2 N–H and O–H groups in total. The maximum absolute atomic E-state index is 12.1. The van der Waals surface area contributed by atoms with Gasteiger partial charge in [0, 0.05) is 25.0 Å². The summed E-state index contributed by atoms with van der Waals surface area (Å²) in [6, 6.07) is 0. The van der Waals surface area contributed by atoms with E-state index in [4.69, 9.17) is 9.47 Å². The first kappa shape index (κ1) is 14.4. The highest BCUT2D eigenvalue weighted by molar-refractivity contribution is 5.81. The Labute approximate surface area is 124 Å². The van der Waals surface area contributed by atoms with Gasteiger partial charge in [-0.05, 0) is 36.6 Å². The van der Waals surface area contributed by atoms with Gasteiger partial charge in [0.2, 0.25) is 0 Å². The van der Waals surface area contributed by atoms with Crippen LogP contribution in [0.2, 0.25) is 0 Å². The summed E-state index contributed by atoms with van der Waals surface area (Å²) in [5.41, 5.74) is 4.67. The van der Waals surface area contributed by atoms with Crippen molar-refractivity contribution in [3.8, 4) is 0 Å². The van der Waals surface area contributed by atoms with Gasteiger partial charge >= 0.3 is 0 Å². The largest absolute Gasteiger partial charge is 0.376 e. The minimum atomic E-state index is -0.492. The third-order valence-corrected chi connectivity index (χ3v) is 4.02. The highest BCUT2D eigenvalue weighted by atomic mass is 16.6. The number of hydrogen-bond donors (Lipinski definition) is 2. The third-order valence-electron chi connectivity index (χ3n) is 4.02. The Hall–Kier alpha value is -1.50. The molecule has 0 spiro atoms. The van der Waals surface area contributed by atoms with Crippen LogP contribution in [0, 0.1) is 6.92 Å². The number of aryl methyl sites for hydroxylation is 1. The van der Waals surface area contributed by atoms with Crippen LogP contribution >= 0.6 is 0 Å². The molecule has 1 aromatic heterocycles. The standard InChI is InChI=1S/C15H21N3O3/c1-10-13(12-2-3-16-6-11(12)7-17-10)8-18-15(19)14-9-20-4-5-21-14/h7,14,16H,2-6,8-9H2,1H3,(H,18,19)/t14-/m0/s1. The molecular formula is C15H21N3O3. The van der Waals surface area contributed by atoms with Gasteiger partial charge in [-0.25, -0.2) is 0 Å². The summed E-state index contributed by atoms with van der Waals surface area (Å²) in [6.45, 7) is 5.68. The molecule has 0 radical (unpaired) electrons. The van der Waals surface area contributed by atoms with Gasteiger partial charge in [-0.15, -0.1) is 0 Å². The number of nitrogens with zero attached hydrogens (tertiary/aromatic N) is 1. The van der Waals surface area contributed by atoms with Crippen molar-refractivity contribution >= 4 is 5.91 Å². The topological polar surface area (TPSA) is 72.5 Å². The molecule has 1 aromatic rings. The number of carbonyl (C=O) groups excluding carboxylic acids is 1. The minimum absolute atomic E-state index is 0.111. The molecule has 0 unspecified atom stereocenters. The van der Waals surface area contributed by atoms with Crippen LogP contribution in [0.4, 0.5) is 0 Å². The molecule has 3 heterocycles. The summed E-state index contributed by atoms with van der Waals surface area (Å²) in [6.07, 6.45) is 2.42. The fraction of sp³-hybridized carbons (Fsp3) is 0.600. The quantitative estimate of drug-likeness (QED) is 0.824. The van der Waals surface area contributed by atoms with Crippen LogP contribution in [0.15, 0.2) is 6.20 Å². The third kappa shape index (κ3) is 3.23. The first-order chi connectivity index (χ1) is 10.3. The van der Waals surface area contributed by atoms with E-state index >= 15 is 0 Å². The molecule has 1 atom stereocenters. The molecule has 0 aromatic carbocycles. The van der Waals surface area contributed by atoms with Gasteiger partial charge in [0.1, 0.15) is 0 Å². The second-order valence-corrected chi connectivity index (χ2v) is 5.40. The maximum Gasteiger partial charge on any atom is 0.251 e. The summed E-state index contributed by atoms with van der Waals surface area (Å²) < 4.78 is 10.7. The van der Waals surface area contributed by atoms with E-state index in [1.165, 1.54) is 11.1 Å². The van der Waals surface area contributed by atoms with Crippen LogP contribution in [0.3, 0.4) is 0 Å². The zero-order chi connectivity index (χ0) is 14.7. The number of amides is 1. The first-order valence-corrected chi connectivity index (χ1v) is 7.39. The van der Waals surface area contributed by atoms with E-state index in [0.717, 1.165) is 30.8 Å². The molecule has 0 aliphatic carbocycles. The molecule has 1 amide bonds. The summed E-state index contributed by atoms with van der Waals surface area (Å²) >= 11 is 0. The van der Waals surface area contributed by atoms with E-state index in [-0.39, 0.29) is 5.91 Å². The number of pyridine rings is 1. The Morgan fingerprint density at radius 3 is 3.24 bits per heavy atom. The van der Waals surface area contributed by atoms with Crippen molar-refractivity contribution in [1.29, 1.82) is 0 Å². The van der Waals surface area contributed by atoms with E-state index in [9.17, 15) is 4.79 Å². The van der Waals surface area contributed by atoms with Crippen molar-refractivity contribution in [3.05, 3.63) is 28.6 Å². The molecule has 1 saturated heterocycles. The van der Waals surface area contributed by atoms with E-state index < -0.39 is 6.10 Å². The number of rotatable bonds is 3. The zero-order valence-electron chi connectivity index (χ0n) is 12.3. The van der Waals surface area contributed by atoms with Crippen molar-refractivity contribution in [2.24, 2.45) is 0 Å². The van der Waals surface area contributed by atoms with Crippen LogP contribution in [0.5, 0.6) is 0 Å². The second kappa shape index (κ2) is 6.51. The van der Waals surface area contributed by atoms with E-state index in [2.05, 4.69) is 15.6 Å². The van der Waals surface area contributed by atoms with Crippen LogP contribution in [0.25, 0.3) is 0 Å². The molecular weight excluding hydrogens is 270 g/mol. The molecule has 6 heteroatoms. The smallest absolute Gasteiger partial charge is 0.251 e. The van der Waals surface area contributed by atoms with E-state index in [1.54, 1.807) is 0 Å². The Bertz CT molecular complexity index is 527. The van der Waals surface area contributed by atoms with Crippen molar-refractivity contribution in [2.45, 2.75) is 32.5 Å². The Kier molecular flexibility index (Phi) is 4.48. The molecule has 2 aliphatic heterocycles. The van der Waals surface area contributed by atoms with Gasteiger partial charge in [-0.2, -0.15) is 0 Å². The lowest BCUT2D eigenvalue weighted by molar-refractivity contribution is -0.147. The van der Waals surface area contributed by atoms with Gasteiger partial charge in [0.05, 0.1) is 19.8 Å². The monoisotopic (exact) mass is 291 g/mol. The second-order valence-electron chi connectivity index (χ2n) is 5.40. The van der Waals surface area contributed by atoms with Crippen LogP contribution in [-0.4, -0.2) is 43.4 Å². The molecule has 1 fully saturated rings. The summed E-state index contributed by atoms with van der Waals surface area (Å²) in [5, 5.41) is 6.30. The fourth-order valence-corrected chi connectivity index (χ4v) is 2.81. The molecule has 6 nitrogen and oxygen atoms in total. The van der Waals surface area contributed by atoms with Crippen LogP contribution < -0.4 is 10.6 Å². The predicted molar refractivity (Wildman–Crippen MR) is 76.8 cm³/mol. The lowest BCUT2D eigenvalue weighted by atomic mass is 9.96. The van der Waals surface area contributed by atoms with Crippen molar-refractivity contribution in [3.63, 3.8) is 0 Å². The highest BCUT2D eigenvalue weighted by Crippen LogP contribution is 2.20.